The average molecular weight is 381 g/mol. The Morgan fingerprint density at radius 1 is 1.27 bits per heavy atom. The fourth-order valence-electron chi connectivity index (χ4n) is 3.31. The van der Waals surface area contributed by atoms with Gasteiger partial charge in [-0.3, -0.25) is 4.79 Å². The van der Waals surface area contributed by atoms with Gasteiger partial charge in [-0.05, 0) is 49.7 Å². The number of rotatable bonds is 8. The highest BCUT2D eigenvalue weighted by molar-refractivity contribution is 7.89. The van der Waals surface area contributed by atoms with Crippen molar-refractivity contribution in [3.63, 3.8) is 0 Å². The zero-order valence-corrected chi connectivity index (χ0v) is 17.0. The Kier molecular flexibility index (Phi) is 7.65. The van der Waals surface area contributed by atoms with Crippen molar-refractivity contribution in [2.24, 2.45) is 5.92 Å². The Labute approximate surface area is 158 Å². The molecule has 1 atom stereocenters. The van der Waals surface area contributed by atoms with Gasteiger partial charge in [-0.25, -0.2) is 12.7 Å². The third kappa shape index (κ3) is 5.81. The first-order valence-electron chi connectivity index (χ1n) is 9.68. The van der Waals surface area contributed by atoms with Gasteiger partial charge < -0.3 is 5.32 Å². The van der Waals surface area contributed by atoms with Gasteiger partial charge in [0, 0.05) is 19.6 Å². The van der Waals surface area contributed by atoms with Crippen molar-refractivity contribution in [1.82, 2.24) is 9.62 Å². The van der Waals surface area contributed by atoms with Gasteiger partial charge >= 0.3 is 0 Å². The summed E-state index contributed by atoms with van der Waals surface area (Å²) in [5, 5.41) is 2.98. The van der Waals surface area contributed by atoms with Gasteiger partial charge in [-0.15, -0.1) is 0 Å². The summed E-state index contributed by atoms with van der Waals surface area (Å²) >= 11 is 0. The van der Waals surface area contributed by atoms with E-state index in [1.54, 1.807) is 6.92 Å². The molecule has 0 saturated carbocycles. The lowest BCUT2D eigenvalue weighted by Gasteiger charge is -2.30. The lowest BCUT2D eigenvalue weighted by molar-refractivity contribution is -0.126. The van der Waals surface area contributed by atoms with Crippen LogP contribution in [0, 0.1) is 5.92 Å². The largest absolute Gasteiger partial charge is 0.356 e. The van der Waals surface area contributed by atoms with E-state index in [2.05, 4.69) is 43.4 Å². The summed E-state index contributed by atoms with van der Waals surface area (Å²) in [7, 11) is -3.21. The summed E-state index contributed by atoms with van der Waals surface area (Å²) in [5.74, 6) is 0.387. The normalized spacial score (nSPS) is 18.8. The standard InChI is InChI=1S/C20H32N2O3S/c1-4-26(24,25)22-14-6-8-19(15-22)20(23)21-13-5-7-17-9-11-18(12-10-17)16(2)3/h9-12,16,19H,4-8,13-15H2,1-3H3,(H,21,23)/t19-/m1/s1. The molecule has 0 bridgehead atoms. The van der Waals surface area contributed by atoms with Gasteiger partial charge in [0.05, 0.1) is 11.7 Å². The quantitative estimate of drug-likeness (QED) is 0.705. The van der Waals surface area contributed by atoms with Crippen molar-refractivity contribution in [2.75, 3.05) is 25.4 Å². The van der Waals surface area contributed by atoms with E-state index in [1.165, 1.54) is 15.4 Å². The molecule has 1 aliphatic rings. The number of amides is 1. The summed E-state index contributed by atoms with van der Waals surface area (Å²) in [6.07, 6.45) is 3.33. The molecule has 0 aliphatic carbocycles. The molecule has 0 aromatic heterocycles. The van der Waals surface area contributed by atoms with Crippen molar-refractivity contribution in [3.05, 3.63) is 35.4 Å². The van der Waals surface area contributed by atoms with E-state index in [-0.39, 0.29) is 17.6 Å². The minimum atomic E-state index is -3.21. The smallest absolute Gasteiger partial charge is 0.224 e. The maximum Gasteiger partial charge on any atom is 0.224 e. The fourth-order valence-corrected chi connectivity index (χ4v) is 4.49. The lowest BCUT2D eigenvalue weighted by atomic mass is 9.98. The molecule has 0 spiro atoms. The van der Waals surface area contributed by atoms with Crippen LogP contribution in [0.15, 0.2) is 24.3 Å². The van der Waals surface area contributed by atoms with Crippen LogP contribution in [-0.2, 0) is 21.2 Å². The maximum absolute atomic E-state index is 12.4. The first-order chi connectivity index (χ1) is 12.3. The monoisotopic (exact) mass is 380 g/mol. The predicted molar refractivity (Wildman–Crippen MR) is 106 cm³/mol. The second-order valence-corrected chi connectivity index (χ2v) is 9.65. The third-order valence-electron chi connectivity index (χ3n) is 5.10. The molecule has 0 radical (unpaired) electrons. The van der Waals surface area contributed by atoms with Crippen LogP contribution >= 0.6 is 0 Å². The molecule has 1 aliphatic heterocycles. The molecule has 0 unspecified atom stereocenters. The van der Waals surface area contributed by atoms with Crippen LogP contribution < -0.4 is 5.32 Å². The van der Waals surface area contributed by atoms with Crippen LogP contribution in [0.25, 0.3) is 0 Å². The van der Waals surface area contributed by atoms with E-state index < -0.39 is 10.0 Å². The zero-order chi connectivity index (χ0) is 19.2. The molecule has 1 saturated heterocycles. The summed E-state index contributed by atoms with van der Waals surface area (Å²) in [6, 6.07) is 8.66. The number of piperidine rings is 1. The van der Waals surface area contributed by atoms with Crippen LogP contribution in [-0.4, -0.2) is 44.0 Å². The SMILES string of the molecule is CCS(=O)(=O)N1CCC[C@@H](C(=O)NCCCc2ccc(C(C)C)cc2)C1. The topological polar surface area (TPSA) is 66.5 Å². The second-order valence-electron chi connectivity index (χ2n) is 7.39. The fraction of sp³-hybridized carbons (Fsp3) is 0.650. The highest BCUT2D eigenvalue weighted by atomic mass is 32.2. The van der Waals surface area contributed by atoms with Gasteiger partial charge in [0.2, 0.25) is 15.9 Å². The Bertz CT molecular complexity index is 684. The minimum Gasteiger partial charge on any atom is -0.356 e. The Hall–Kier alpha value is -1.40. The van der Waals surface area contributed by atoms with Crippen molar-refractivity contribution in [1.29, 1.82) is 0 Å². The van der Waals surface area contributed by atoms with E-state index in [9.17, 15) is 13.2 Å². The highest BCUT2D eigenvalue weighted by Gasteiger charge is 2.31. The molecule has 1 amide bonds. The number of sulfonamides is 1. The number of carbonyl (C=O) groups is 1. The average Bonchev–Trinajstić information content (AvgIpc) is 2.65. The summed E-state index contributed by atoms with van der Waals surface area (Å²) < 4.78 is 25.5. The molecule has 1 aromatic carbocycles. The highest BCUT2D eigenvalue weighted by Crippen LogP contribution is 2.20. The molecule has 1 aromatic rings. The number of nitrogens with one attached hydrogen (secondary N) is 1. The van der Waals surface area contributed by atoms with Gasteiger partial charge in [-0.2, -0.15) is 0 Å². The summed E-state index contributed by atoms with van der Waals surface area (Å²) in [5.41, 5.74) is 2.62. The van der Waals surface area contributed by atoms with Crippen molar-refractivity contribution < 1.29 is 13.2 Å². The number of carbonyl (C=O) groups excluding carboxylic acids is 1. The molecule has 1 fully saturated rings. The van der Waals surface area contributed by atoms with Crippen LogP contribution in [0.2, 0.25) is 0 Å². The number of aryl methyl sites for hydroxylation is 1. The molecule has 5 nitrogen and oxygen atoms in total. The molecular formula is C20H32N2O3S. The molecule has 2 rings (SSSR count). The predicted octanol–water partition coefficient (Wildman–Crippen LogP) is 2.92. The van der Waals surface area contributed by atoms with Crippen LogP contribution in [0.3, 0.4) is 0 Å². The number of hydrogen-bond donors (Lipinski definition) is 1. The maximum atomic E-state index is 12.4. The van der Waals surface area contributed by atoms with E-state index in [4.69, 9.17) is 0 Å². The first kappa shape index (κ1) is 20.9. The van der Waals surface area contributed by atoms with E-state index in [0.717, 1.165) is 25.7 Å². The molecule has 1 N–H and O–H groups in total. The van der Waals surface area contributed by atoms with Crippen LogP contribution in [0.4, 0.5) is 0 Å². The minimum absolute atomic E-state index is 0.0174. The van der Waals surface area contributed by atoms with Gasteiger partial charge in [0.25, 0.3) is 0 Å². The summed E-state index contributed by atoms with van der Waals surface area (Å²) in [6.45, 7) is 7.49. The van der Waals surface area contributed by atoms with E-state index in [1.807, 2.05) is 0 Å². The van der Waals surface area contributed by atoms with Crippen LogP contribution in [0.1, 0.15) is 57.1 Å². The molecule has 26 heavy (non-hydrogen) atoms. The number of hydrogen-bond acceptors (Lipinski definition) is 3. The molecule has 6 heteroatoms. The molecular weight excluding hydrogens is 348 g/mol. The third-order valence-corrected chi connectivity index (χ3v) is 6.95. The zero-order valence-electron chi connectivity index (χ0n) is 16.2. The van der Waals surface area contributed by atoms with Gasteiger partial charge in [0.1, 0.15) is 0 Å². The number of benzene rings is 1. The van der Waals surface area contributed by atoms with Gasteiger partial charge in [0.15, 0.2) is 0 Å². The Morgan fingerprint density at radius 3 is 2.58 bits per heavy atom. The Balaban J connectivity index is 1.74. The summed E-state index contributed by atoms with van der Waals surface area (Å²) in [4.78, 5) is 12.4. The molecule has 1 heterocycles. The van der Waals surface area contributed by atoms with E-state index >= 15 is 0 Å². The number of nitrogens with zero attached hydrogens (tertiary/aromatic N) is 1. The van der Waals surface area contributed by atoms with Crippen molar-refractivity contribution in [2.45, 2.75) is 52.4 Å². The first-order valence-corrected chi connectivity index (χ1v) is 11.3. The van der Waals surface area contributed by atoms with Crippen LogP contribution in [0.5, 0.6) is 0 Å². The van der Waals surface area contributed by atoms with E-state index in [0.29, 0.717) is 25.6 Å². The lowest BCUT2D eigenvalue weighted by Crippen LogP contribution is -2.46. The second kappa shape index (κ2) is 9.51. The molecule has 146 valence electrons. The van der Waals surface area contributed by atoms with Crippen molar-refractivity contribution >= 4 is 15.9 Å². The Morgan fingerprint density at radius 2 is 1.96 bits per heavy atom. The van der Waals surface area contributed by atoms with Gasteiger partial charge in [-0.1, -0.05) is 38.1 Å². The van der Waals surface area contributed by atoms with Crippen molar-refractivity contribution in [3.8, 4) is 0 Å².